The molecule has 3 nitrogen and oxygen atoms in total. The Morgan fingerprint density at radius 2 is 2.05 bits per heavy atom. The molecule has 20 heavy (non-hydrogen) atoms. The van der Waals surface area contributed by atoms with Crippen molar-refractivity contribution in [3.05, 3.63) is 23.2 Å². The van der Waals surface area contributed by atoms with Crippen LogP contribution in [0.1, 0.15) is 30.9 Å². The first kappa shape index (κ1) is 11.4. The van der Waals surface area contributed by atoms with Gasteiger partial charge in [0.15, 0.2) is 0 Å². The molecular weight excluding hydrogens is 266 g/mol. The summed E-state index contributed by atoms with van der Waals surface area (Å²) in [7, 11) is 1.97. The Morgan fingerprint density at radius 3 is 2.70 bits per heavy atom. The topological polar surface area (TPSA) is 43.8 Å². The van der Waals surface area contributed by atoms with Crippen LogP contribution in [0.3, 0.4) is 0 Å². The molecule has 2 aromatic rings. The largest absolute Gasteiger partial charge is 0.383 e. The van der Waals surface area contributed by atoms with Crippen LogP contribution >= 0.6 is 11.3 Å². The first-order valence-corrected chi connectivity index (χ1v) is 8.50. The van der Waals surface area contributed by atoms with Gasteiger partial charge in [0.25, 0.3) is 0 Å². The van der Waals surface area contributed by atoms with E-state index < -0.39 is 0 Å². The minimum atomic E-state index is 0.696. The van der Waals surface area contributed by atoms with E-state index in [2.05, 4.69) is 17.5 Å². The van der Waals surface area contributed by atoms with Gasteiger partial charge in [0, 0.05) is 17.8 Å². The molecule has 3 aliphatic rings. The van der Waals surface area contributed by atoms with Crippen molar-refractivity contribution >= 4 is 17.2 Å². The highest BCUT2D eigenvalue weighted by Gasteiger charge is 2.66. The highest BCUT2D eigenvalue weighted by atomic mass is 32.1. The molecule has 4 atom stereocenters. The predicted octanol–water partition coefficient (Wildman–Crippen LogP) is 3.49. The van der Waals surface area contributed by atoms with Gasteiger partial charge >= 0.3 is 0 Å². The van der Waals surface area contributed by atoms with Crippen LogP contribution in [0.2, 0.25) is 0 Å². The zero-order chi connectivity index (χ0) is 13.4. The highest BCUT2D eigenvalue weighted by molar-refractivity contribution is 7.13. The molecule has 4 heteroatoms. The number of nitrogen functional groups attached to an aromatic ring is 1. The van der Waals surface area contributed by atoms with Crippen LogP contribution in [0.25, 0.3) is 10.4 Å². The fourth-order valence-corrected chi connectivity index (χ4v) is 5.94. The summed E-state index contributed by atoms with van der Waals surface area (Å²) in [5, 5.41) is 6.93. The van der Waals surface area contributed by atoms with E-state index in [4.69, 9.17) is 10.8 Å². The Labute approximate surface area is 122 Å². The summed E-state index contributed by atoms with van der Waals surface area (Å²) in [5.41, 5.74) is 8.82. The number of nitrogens with two attached hydrogens (primary N) is 1. The molecule has 2 aromatic heterocycles. The highest BCUT2D eigenvalue weighted by Crippen LogP contribution is 2.73. The molecule has 4 unspecified atom stereocenters. The summed E-state index contributed by atoms with van der Waals surface area (Å²) >= 11 is 1.77. The second-order valence-corrected chi connectivity index (χ2v) is 7.71. The molecule has 2 N–H and O–H groups in total. The van der Waals surface area contributed by atoms with Crippen LogP contribution in [-0.2, 0) is 7.05 Å². The average molecular weight is 285 g/mol. The van der Waals surface area contributed by atoms with E-state index in [0.717, 1.165) is 29.5 Å². The monoisotopic (exact) mass is 285 g/mol. The number of nitrogens with zero attached hydrogens (tertiary/aromatic N) is 2. The number of fused-ring (bicyclic) bond motifs is 5. The van der Waals surface area contributed by atoms with Gasteiger partial charge in [-0.2, -0.15) is 5.10 Å². The zero-order valence-electron chi connectivity index (χ0n) is 11.6. The Hall–Kier alpha value is -1.29. The van der Waals surface area contributed by atoms with Crippen LogP contribution in [0, 0.1) is 23.7 Å². The van der Waals surface area contributed by atoms with Crippen molar-refractivity contribution in [2.75, 3.05) is 5.73 Å². The van der Waals surface area contributed by atoms with E-state index in [1.165, 1.54) is 35.4 Å². The molecule has 104 valence electrons. The Bertz CT molecular complexity index is 656. The second kappa shape index (κ2) is 3.67. The fraction of sp³-hybridized carbons (Fsp3) is 0.562. The lowest BCUT2D eigenvalue weighted by molar-refractivity contribution is 0.456. The third kappa shape index (κ3) is 1.28. The number of thiophene rings is 1. The molecule has 0 amide bonds. The summed E-state index contributed by atoms with van der Waals surface area (Å²) < 4.78 is 1.88. The van der Waals surface area contributed by atoms with E-state index in [-0.39, 0.29) is 0 Å². The molecule has 3 aliphatic carbocycles. The van der Waals surface area contributed by atoms with Crippen molar-refractivity contribution < 1.29 is 0 Å². The third-order valence-corrected chi connectivity index (χ3v) is 6.82. The molecule has 0 spiro atoms. The maximum Gasteiger partial charge on any atom is 0.130 e. The van der Waals surface area contributed by atoms with Gasteiger partial charge in [0.05, 0.1) is 11.3 Å². The van der Waals surface area contributed by atoms with Gasteiger partial charge in [-0.05, 0) is 54.4 Å². The predicted molar refractivity (Wildman–Crippen MR) is 81.5 cm³/mol. The minimum absolute atomic E-state index is 0.696. The molecule has 0 radical (unpaired) electrons. The minimum Gasteiger partial charge on any atom is -0.383 e. The molecule has 3 fully saturated rings. The number of aryl methyl sites for hydroxylation is 1. The molecule has 0 saturated heterocycles. The van der Waals surface area contributed by atoms with Gasteiger partial charge in [0.2, 0.25) is 0 Å². The van der Waals surface area contributed by atoms with Gasteiger partial charge in [-0.1, -0.05) is 6.07 Å². The smallest absolute Gasteiger partial charge is 0.130 e. The number of anilines is 1. The normalized spacial score (nSPS) is 37.4. The summed E-state index contributed by atoms with van der Waals surface area (Å²) in [5.74, 6) is 5.33. The SMILES string of the molecule is Cn1nc(C2C3C4CCC(C4)C23)c(-c2cccs2)c1N. The van der Waals surface area contributed by atoms with Crippen molar-refractivity contribution in [3.63, 3.8) is 0 Å². The van der Waals surface area contributed by atoms with Gasteiger partial charge in [-0.15, -0.1) is 11.3 Å². The first-order chi connectivity index (χ1) is 9.75. The van der Waals surface area contributed by atoms with Crippen LogP contribution in [0.4, 0.5) is 5.82 Å². The Kier molecular flexibility index (Phi) is 2.09. The summed E-state index contributed by atoms with van der Waals surface area (Å²) in [6.45, 7) is 0. The fourth-order valence-electron chi connectivity index (χ4n) is 5.16. The summed E-state index contributed by atoms with van der Waals surface area (Å²) in [6.07, 6.45) is 4.40. The van der Waals surface area contributed by atoms with Crippen LogP contribution < -0.4 is 5.73 Å². The molecule has 5 rings (SSSR count). The lowest BCUT2D eigenvalue weighted by atomic mass is 9.98. The van der Waals surface area contributed by atoms with E-state index in [0.29, 0.717) is 5.92 Å². The van der Waals surface area contributed by atoms with Gasteiger partial charge < -0.3 is 5.73 Å². The summed E-state index contributed by atoms with van der Waals surface area (Å²) in [6, 6.07) is 4.28. The van der Waals surface area contributed by atoms with Crippen molar-refractivity contribution in [1.82, 2.24) is 9.78 Å². The Balaban J connectivity index is 1.61. The number of hydrogen-bond acceptors (Lipinski definition) is 3. The molecule has 2 heterocycles. The lowest BCUT2D eigenvalue weighted by Crippen LogP contribution is -2.00. The number of hydrogen-bond donors (Lipinski definition) is 1. The van der Waals surface area contributed by atoms with Gasteiger partial charge in [-0.25, -0.2) is 0 Å². The van der Waals surface area contributed by atoms with E-state index >= 15 is 0 Å². The van der Waals surface area contributed by atoms with Gasteiger partial charge in [0.1, 0.15) is 5.82 Å². The maximum absolute atomic E-state index is 6.30. The number of rotatable bonds is 2. The Morgan fingerprint density at radius 1 is 1.30 bits per heavy atom. The van der Waals surface area contributed by atoms with Crippen molar-refractivity contribution in [2.24, 2.45) is 30.7 Å². The van der Waals surface area contributed by atoms with Gasteiger partial charge in [-0.3, -0.25) is 4.68 Å². The average Bonchev–Trinajstić information content (AvgIpc) is 2.94. The molecule has 0 aromatic carbocycles. The van der Waals surface area contributed by atoms with E-state index in [1.807, 2.05) is 11.7 Å². The van der Waals surface area contributed by atoms with Crippen molar-refractivity contribution in [2.45, 2.75) is 25.2 Å². The second-order valence-electron chi connectivity index (χ2n) is 6.76. The quantitative estimate of drug-likeness (QED) is 0.918. The van der Waals surface area contributed by atoms with Crippen molar-refractivity contribution in [3.8, 4) is 10.4 Å². The molecule has 2 bridgehead atoms. The molecule has 3 saturated carbocycles. The van der Waals surface area contributed by atoms with Crippen molar-refractivity contribution in [1.29, 1.82) is 0 Å². The molecular formula is C16H19N3S. The molecule has 0 aliphatic heterocycles. The van der Waals surface area contributed by atoms with Crippen LogP contribution in [-0.4, -0.2) is 9.78 Å². The lowest BCUT2D eigenvalue weighted by Gasteiger charge is -2.08. The summed E-state index contributed by atoms with van der Waals surface area (Å²) in [4.78, 5) is 1.28. The van der Waals surface area contributed by atoms with Crippen LogP contribution in [0.15, 0.2) is 17.5 Å². The van der Waals surface area contributed by atoms with E-state index in [9.17, 15) is 0 Å². The standard InChI is InChI=1S/C16H19N3S/c1-19-16(17)13(10-3-2-6-20-10)15(18-19)14-11-8-4-5-9(7-8)12(11)14/h2-3,6,8-9,11-12,14H,4-5,7,17H2,1H3. The zero-order valence-corrected chi connectivity index (χ0v) is 12.4. The third-order valence-electron chi connectivity index (χ3n) is 5.94. The van der Waals surface area contributed by atoms with E-state index in [1.54, 1.807) is 11.3 Å². The van der Waals surface area contributed by atoms with Crippen LogP contribution in [0.5, 0.6) is 0 Å². The maximum atomic E-state index is 6.30. The number of aromatic nitrogens is 2. The first-order valence-electron chi connectivity index (χ1n) is 7.62.